The van der Waals surface area contributed by atoms with Crippen LogP contribution in [0, 0.1) is 12.7 Å². The molecule has 21 heavy (non-hydrogen) atoms. The van der Waals surface area contributed by atoms with E-state index in [1.807, 2.05) is 0 Å². The first-order chi connectivity index (χ1) is 10.1. The number of thiophene rings is 1. The minimum atomic E-state index is -0.240. The number of fused-ring (bicyclic) bond motifs is 1. The molecule has 1 unspecified atom stereocenters. The van der Waals surface area contributed by atoms with Crippen molar-refractivity contribution in [2.24, 2.45) is 0 Å². The molecule has 2 heterocycles. The normalized spacial score (nSPS) is 13.0. The Morgan fingerprint density at radius 3 is 2.81 bits per heavy atom. The van der Waals surface area contributed by atoms with Gasteiger partial charge in [0.05, 0.1) is 17.1 Å². The number of imidazole rings is 1. The van der Waals surface area contributed by atoms with E-state index in [1.165, 1.54) is 15.8 Å². The van der Waals surface area contributed by atoms with E-state index in [2.05, 4.69) is 35.5 Å². The molecule has 110 valence electrons. The fraction of sp³-hybridized carbons (Fsp3) is 0.312. The number of hydrogen-bond acceptors (Lipinski definition) is 2. The lowest BCUT2D eigenvalue weighted by atomic mass is 10.2. The summed E-state index contributed by atoms with van der Waals surface area (Å²) in [5.74, 6) is 1.17. The van der Waals surface area contributed by atoms with Crippen LogP contribution in [0.1, 0.15) is 28.5 Å². The summed E-state index contributed by atoms with van der Waals surface area (Å²) in [6.07, 6.45) is 0.673. The van der Waals surface area contributed by atoms with Crippen molar-refractivity contribution in [1.29, 1.82) is 0 Å². The van der Waals surface area contributed by atoms with Crippen molar-refractivity contribution in [3.05, 3.63) is 51.7 Å². The van der Waals surface area contributed by atoms with Gasteiger partial charge in [0.1, 0.15) is 11.6 Å². The predicted molar refractivity (Wildman–Crippen MR) is 87.0 cm³/mol. The van der Waals surface area contributed by atoms with Gasteiger partial charge in [-0.3, -0.25) is 0 Å². The van der Waals surface area contributed by atoms with Crippen LogP contribution in [-0.2, 0) is 6.42 Å². The topological polar surface area (TPSA) is 17.8 Å². The maximum Gasteiger partial charge on any atom is 0.125 e. The van der Waals surface area contributed by atoms with Crippen LogP contribution in [-0.4, -0.2) is 15.4 Å². The van der Waals surface area contributed by atoms with Crippen LogP contribution in [0.5, 0.6) is 0 Å². The zero-order valence-corrected chi connectivity index (χ0v) is 13.5. The van der Waals surface area contributed by atoms with E-state index >= 15 is 0 Å². The van der Waals surface area contributed by atoms with Crippen LogP contribution in [0.3, 0.4) is 0 Å². The van der Waals surface area contributed by atoms with Gasteiger partial charge in [-0.1, -0.05) is 0 Å². The molecule has 0 aliphatic carbocycles. The highest BCUT2D eigenvalue weighted by Crippen LogP contribution is 2.30. The smallest absolute Gasteiger partial charge is 0.125 e. The second-order valence-electron chi connectivity index (χ2n) is 5.09. The molecule has 5 heteroatoms. The van der Waals surface area contributed by atoms with Gasteiger partial charge in [-0.25, -0.2) is 9.37 Å². The molecule has 0 aliphatic rings. The van der Waals surface area contributed by atoms with Crippen LogP contribution in [0.25, 0.3) is 11.0 Å². The molecule has 0 spiro atoms. The van der Waals surface area contributed by atoms with Crippen molar-refractivity contribution in [3.8, 4) is 0 Å². The summed E-state index contributed by atoms with van der Waals surface area (Å²) in [6.45, 7) is 4.21. The quantitative estimate of drug-likeness (QED) is 0.622. The molecule has 0 N–H and O–H groups in total. The average molecular weight is 323 g/mol. The number of aryl methyl sites for hydroxylation is 2. The van der Waals surface area contributed by atoms with Crippen LogP contribution >= 0.6 is 22.9 Å². The predicted octanol–water partition coefficient (Wildman–Crippen LogP) is 4.94. The molecular weight excluding hydrogens is 307 g/mol. The first-order valence-corrected chi connectivity index (χ1v) is 8.24. The first-order valence-electron chi connectivity index (χ1n) is 6.89. The summed E-state index contributed by atoms with van der Waals surface area (Å²) in [7, 11) is 0. The molecule has 0 radical (unpaired) electrons. The third-order valence-electron chi connectivity index (χ3n) is 3.60. The number of hydrogen-bond donors (Lipinski definition) is 0. The number of nitrogens with zero attached hydrogens (tertiary/aromatic N) is 2. The molecular formula is C16H16ClFN2S. The largest absolute Gasteiger partial charge is 0.320 e. The van der Waals surface area contributed by atoms with E-state index in [4.69, 9.17) is 11.6 Å². The lowest BCUT2D eigenvalue weighted by Gasteiger charge is -2.16. The molecule has 0 saturated carbocycles. The summed E-state index contributed by atoms with van der Waals surface area (Å²) in [4.78, 5) is 7.13. The summed E-state index contributed by atoms with van der Waals surface area (Å²) in [5.41, 5.74) is 1.64. The Morgan fingerprint density at radius 1 is 1.33 bits per heavy atom. The Labute approximate surface area is 132 Å². The molecule has 3 aromatic rings. The van der Waals surface area contributed by atoms with Crippen LogP contribution in [0.4, 0.5) is 4.39 Å². The Kier molecular flexibility index (Phi) is 4.00. The number of benzene rings is 1. The van der Waals surface area contributed by atoms with Gasteiger partial charge in [0, 0.05) is 22.1 Å². The van der Waals surface area contributed by atoms with Crippen molar-refractivity contribution in [2.75, 3.05) is 5.88 Å². The van der Waals surface area contributed by atoms with E-state index < -0.39 is 0 Å². The third kappa shape index (κ3) is 2.70. The Hall–Kier alpha value is -1.39. The summed E-state index contributed by atoms with van der Waals surface area (Å²) < 4.78 is 15.7. The molecule has 3 rings (SSSR count). The Bertz CT molecular complexity index is 778. The third-order valence-corrected chi connectivity index (χ3v) is 4.96. The van der Waals surface area contributed by atoms with Gasteiger partial charge in [0.2, 0.25) is 0 Å². The molecule has 1 aromatic carbocycles. The molecule has 2 aromatic heterocycles. The fourth-order valence-corrected chi connectivity index (χ4v) is 3.70. The van der Waals surface area contributed by atoms with Crippen LogP contribution in [0.2, 0.25) is 0 Å². The molecule has 0 aliphatic heterocycles. The zero-order chi connectivity index (χ0) is 15.0. The minimum absolute atomic E-state index is 0.119. The molecule has 0 saturated heterocycles. The zero-order valence-electron chi connectivity index (χ0n) is 11.9. The molecule has 0 amide bonds. The lowest BCUT2D eigenvalue weighted by Crippen LogP contribution is -2.10. The van der Waals surface area contributed by atoms with E-state index in [-0.39, 0.29) is 11.9 Å². The van der Waals surface area contributed by atoms with Gasteiger partial charge < -0.3 is 4.57 Å². The second kappa shape index (κ2) is 5.78. The SMILES string of the molecule is Cc1ccc(C(C)n2c(CCCl)nc3ccc(F)cc32)s1. The Morgan fingerprint density at radius 2 is 2.14 bits per heavy atom. The van der Waals surface area contributed by atoms with Crippen molar-refractivity contribution in [2.45, 2.75) is 26.3 Å². The van der Waals surface area contributed by atoms with Gasteiger partial charge in [0.25, 0.3) is 0 Å². The second-order valence-corrected chi connectivity index (χ2v) is 6.79. The van der Waals surface area contributed by atoms with Crippen LogP contribution in [0.15, 0.2) is 30.3 Å². The highest BCUT2D eigenvalue weighted by Gasteiger charge is 2.18. The molecule has 0 fully saturated rings. The average Bonchev–Trinajstić information content (AvgIpc) is 3.02. The van der Waals surface area contributed by atoms with Gasteiger partial charge in [0.15, 0.2) is 0 Å². The van der Waals surface area contributed by atoms with Crippen molar-refractivity contribution in [1.82, 2.24) is 9.55 Å². The molecule has 1 atom stereocenters. The summed E-state index contributed by atoms with van der Waals surface area (Å²) in [5, 5.41) is 0. The summed E-state index contributed by atoms with van der Waals surface area (Å²) >= 11 is 7.66. The fourth-order valence-electron chi connectivity index (χ4n) is 2.61. The number of halogens is 2. The van der Waals surface area contributed by atoms with Gasteiger partial charge >= 0.3 is 0 Å². The van der Waals surface area contributed by atoms with E-state index in [0.717, 1.165) is 16.9 Å². The molecule has 0 bridgehead atoms. The monoisotopic (exact) mass is 322 g/mol. The van der Waals surface area contributed by atoms with Crippen molar-refractivity contribution in [3.63, 3.8) is 0 Å². The van der Waals surface area contributed by atoms with Crippen molar-refractivity contribution < 1.29 is 4.39 Å². The van der Waals surface area contributed by atoms with Gasteiger partial charge in [-0.15, -0.1) is 22.9 Å². The number of alkyl halides is 1. The molecule has 2 nitrogen and oxygen atoms in total. The maximum absolute atomic E-state index is 13.6. The van der Waals surface area contributed by atoms with Crippen molar-refractivity contribution >= 4 is 34.0 Å². The lowest BCUT2D eigenvalue weighted by molar-refractivity contribution is 0.618. The highest BCUT2D eigenvalue weighted by atomic mass is 35.5. The van der Waals surface area contributed by atoms with E-state index in [9.17, 15) is 4.39 Å². The van der Waals surface area contributed by atoms with Gasteiger partial charge in [-0.2, -0.15) is 0 Å². The summed E-state index contributed by atoms with van der Waals surface area (Å²) in [6, 6.07) is 9.08. The van der Waals surface area contributed by atoms with Gasteiger partial charge in [-0.05, 0) is 44.2 Å². The highest BCUT2D eigenvalue weighted by molar-refractivity contribution is 7.12. The van der Waals surface area contributed by atoms with Crippen LogP contribution < -0.4 is 0 Å². The number of aromatic nitrogens is 2. The van der Waals surface area contributed by atoms with E-state index in [0.29, 0.717) is 12.3 Å². The maximum atomic E-state index is 13.6. The standard InChI is InChI=1S/C16H16ClFN2S/c1-10-3-6-15(21-10)11(2)20-14-9-12(18)4-5-13(14)19-16(20)7-8-17/h3-6,9,11H,7-8H2,1-2H3. The Balaban J connectivity index is 2.18. The van der Waals surface area contributed by atoms with E-state index in [1.54, 1.807) is 23.5 Å². The number of rotatable bonds is 4. The minimum Gasteiger partial charge on any atom is -0.320 e. The first kappa shape index (κ1) is 14.5.